The number of aryl methyl sites for hydroxylation is 2. The molecule has 0 aliphatic carbocycles. The smallest absolute Gasteiger partial charge is 0.335 e. The monoisotopic (exact) mass is 457 g/mol. The Kier molecular flexibility index (Phi) is 7.45. The van der Waals surface area contributed by atoms with E-state index in [1.807, 2.05) is 36.8 Å². The number of carbonyl (C=O) groups excluding carboxylic acids is 2. The number of alkyl halides is 3. The van der Waals surface area contributed by atoms with Gasteiger partial charge >= 0.3 is 6.18 Å². The molecule has 31 heavy (non-hydrogen) atoms. The maximum absolute atomic E-state index is 12.8. The highest BCUT2D eigenvalue weighted by molar-refractivity contribution is 7.89. The van der Waals surface area contributed by atoms with Gasteiger partial charge in [-0.15, -0.1) is 0 Å². The third-order valence-corrected chi connectivity index (χ3v) is 5.84. The van der Waals surface area contributed by atoms with Crippen molar-refractivity contribution in [2.45, 2.75) is 24.9 Å². The zero-order valence-electron chi connectivity index (χ0n) is 17.1. The zero-order valence-corrected chi connectivity index (χ0v) is 17.9. The summed E-state index contributed by atoms with van der Waals surface area (Å²) in [4.78, 5) is 24.8. The number of para-hydroxylation sites is 1. The lowest BCUT2D eigenvalue weighted by Crippen LogP contribution is -2.41. The minimum absolute atomic E-state index is 0.335. The van der Waals surface area contributed by atoms with Crippen molar-refractivity contribution in [1.82, 2.24) is 9.62 Å². The molecule has 0 aliphatic heterocycles. The van der Waals surface area contributed by atoms with Gasteiger partial charge < -0.3 is 10.2 Å². The van der Waals surface area contributed by atoms with E-state index < -0.39 is 45.0 Å². The van der Waals surface area contributed by atoms with E-state index in [1.165, 1.54) is 7.05 Å². The molecule has 0 fully saturated rings. The van der Waals surface area contributed by atoms with E-state index in [2.05, 4.69) is 5.32 Å². The van der Waals surface area contributed by atoms with E-state index >= 15 is 0 Å². The lowest BCUT2D eigenvalue weighted by molar-refractivity contribution is -0.137. The van der Waals surface area contributed by atoms with Gasteiger partial charge in [-0.2, -0.15) is 13.2 Å². The van der Waals surface area contributed by atoms with Crippen molar-refractivity contribution >= 4 is 27.5 Å². The quantitative estimate of drug-likeness (QED) is 0.668. The highest BCUT2D eigenvalue weighted by atomic mass is 32.2. The average molecular weight is 457 g/mol. The van der Waals surface area contributed by atoms with Gasteiger partial charge in [-0.3, -0.25) is 9.59 Å². The molecule has 0 unspecified atom stereocenters. The fourth-order valence-electron chi connectivity index (χ4n) is 2.71. The summed E-state index contributed by atoms with van der Waals surface area (Å²) in [7, 11) is -3.05. The van der Waals surface area contributed by atoms with E-state index in [4.69, 9.17) is 0 Å². The van der Waals surface area contributed by atoms with Crippen molar-refractivity contribution in [3.63, 3.8) is 0 Å². The Morgan fingerprint density at radius 1 is 1.03 bits per heavy atom. The fourth-order valence-corrected chi connectivity index (χ4v) is 3.73. The van der Waals surface area contributed by atoms with Crippen LogP contribution in [0.15, 0.2) is 47.4 Å². The van der Waals surface area contributed by atoms with Crippen LogP contribution in [0.3, 0.4) is 0 Å². The van der Waals surface area contributed by atoms with Gasteiger partial charge in [0.25, 0.3) is 0 Å². The van der Waals surface area contributed by atoms with Crippen LogP contribution in [0.25, 0.3) is 0 Å². The number of anilines is 1. The molecule has 0 radical (unpaired) electrons. The highest BCUT2D eigenvalue weighted by Gasteiger charge is 2.31. The summed E-state index contributed by atoms with van der Waals surface area (Å²) in [5.41, 5.74) is 1.19. The van der Waals surface area contributed by atoms with Gasteiger partial charge in [0.05, 0.1) is 23.5 Å². The van der Waals surface area contributed by atoms with Gasteiger partial charge in [0, 0.05) is 12.7 Å². The van der Waals surface area contributed by atoms with Crippen LogP contribution in [0.2, 0.25) is 0 Å². The second-order valence-corrected chi connectivity index (χ2v) is 8.68. The molecule has 0 heterocycles. The molecule has 2 rings (SSSR count). The number of amides is 2. The summed E-state index contributed by atoms with van der Waals surface area (Å²) < 4.78 is 64.8. The number of hydrogen-bond acceptors (Lipinski definition) is 4. The molecule has 2 N–H and O–H groups in total. The number of halogens is 3. The third kappa shape index (κ3) is 6.53. The zero-order chi connectivity index (χ0) is 23.4. The molecule has 0 atom stereocenters. The number of carbonyl (C=O) groups is 2. The largest absolute Gasteiger partial charge is 0.416 e. The van der Waals surface area contributed by atoms with Crippen molar-refractivity contribution in [3.8, 4) is 0 Å². The Hall–Kier alpha value is -2.92. The summed E-state index contributed by atoms with van der Waals surface area (Å²) in [6.45, 7) is 2.59. The molecule has 0 bridgehead atoms. The molecule has 0 aliphatic rings. The Balaban J connectivity index is 1.98. The van der Waals surface area contributed by atoms with Gasteiger partial charge in [-0.25, -0.2) is 13.1 Å². The number of rotatable bonds is 7. The SMILES string of the molecule is Cc1cccc(C)c1NC(=O)CN(C)C(=O)CNS(=O)(=O)c1cccc(C(F)(F)F)c1. The number of nitrogens with one attached hydrogen (secondary N) is 2. The van der Waals surface area contributed by atoms with E-state index in [0.29, 0.717) is 11.8 Å². The first-order valence-electron chi connectivity index (χ1n) is 9.08. The van der Waals surface area contributed by atoms with E-state index in [0.717, 1.165) is 34.2 Å². The Bertz CT molecular complexity index is 1070. The lowest BCUT2D eigenvalue weighted by atomic mass is 10.1. The number of hydrogen-bond donors (Lipinski definition) is 2. The number of nitrogens with zero attached hydrogens (tertiary/aromatic N) is 1. The number of sulfonamides is 1. The average Bonchev–Trinajstić information content (AvgIpc) is 2.68. The maximum Gasteiger partial charge on any atom is 0.416 e. The van der Waals surface area contributed by atoms with E-state index in [1.54, 1.807) is 0 Å². The Morgan fingerprint density at radius 3 is 2.19 bits per heavy atom. The summed E-state index contributed by atoms with van der Waals surface area (Å²) in [5.74, 6) is -1.21. The fraction of sp³-hybridized carbons (Fsp3) is 0.300. The molecular formula is C20H22F3N3O4S. The summed E-state index contributed by atoms with van der Waals surface area (Å²) >= 11 is 0. The van der Waals surface area contributed by atoms with Crippen molar-refractivity contribution in [1.29, 1.82) is 0 Å². The Labute approximate surface area is 178 Å². The van der Waals surface area contributed by atoms with E-state index in [-0.39, 0.29) is 6.54 Å². The predicted octanol–water partition coefficient (Wildman–Crippen LogP) is 2.70. The molecule has 2 amide bonds. The van der Waals surface area contributed by atoms with Crippen LogP contribution in [0, 0.1) is 13.8 Å². The van der Waals surface area contributed by atoms with Crippen LogP contribution >= 0.6 is 0 Å². The van der Waals surface area contributed by atoms with Crippen LogP contribution in [-0.4, -0.2) is 45.3 Å². The summed E-state index contributed by atoms with van der Waals surface area (Å²) in [6, 6.07) is 8.65. The molecule has 0 saturated heterocycles. The van der Waals surface area contributed by atoms with Crippen LogP contribution in [0.5, 0.6) is 0 Å². The minimum atomic E-state index is -4.70. The van der Waals surface area contributed by atoms with Crippen molar-refractivity contribution in [3.05, 3.63) is 59.2 Å². The van der Waals surface area contributed by atoms with Gasteiger partial charge in [-0.05, 0) is 43.2 Å². The van der Waals surface area contributed by atoms with Gasteiger partial charge in [-0.1, -0.05) is 24.3 Å². The first kappa shape index (κ1) is 24.4. The van der Waals surface area contributed by atoms with Gasteiger partial charge in [0.15, 0.2) is 0 Å². The highest BCUT2D eigenvalue weighted by Crippen LogP contribution is 2.30. The number of likely N-dealkylation sites (N-methyl/N-ethyl adjacent to an activating group) is 1. The molecular weight excluding hydrogens is 435 g/mol. The van der Waals surface area contributed by atoms with Crippen molar-refractivity contribution < 1.29 is 31.2 Å². The molecule has 2 aromatic carbocycles. The predicted molar refractivity (Wildman–Crippen MR) is 109 cm³/mol. The molecule has 0 aromatic heterocycles. The normalized spacial score (nSPS) is 11.8. The Morgan fingerprint density at radius 2 is 1.61 bits per heavy atom. The van der Waals surface area contributed by atoms with Crippen LogP contribution < -0.4 is 10.0 Å². The molecule has 2 aromatic rings. The van der Waals surface area contributed by atoms with Gasteiger partial charge in [0.2, 0.25) is 21.8 Å². The first-order valence-corrected chi connectivity index (χ1v) is 10.6. The van der Waals surface area contributed by atoms with Crippen molar-refractivity contribution in [2.24, 2.45) is 0 Å². The molecule has 7 nitrogen and oxygen atoms in total. The van der Waals surface area contributed by atoms with Crippen LogP contribution in [-0.2, 0) is 25.8 Å². The second-order valence-electron chi connectivity index (χ2n) is 6.91. The molecule has 0 spiro atoms. The topological polar surface area (TPSA) is 95.6 Å². The lowest BCUT2D eigenvalue weighted by Gasteiger charge is -2.18. The first-order chi connectivity index (χ1) is 14.3. The summed E-state index contributed by atoms with van der Waals surface area (Å²) in [6.07, 6.45) is -4.70. The molecule has 11 heteroatoms. The van der Waals surface area contributed by atoms with E-state index in [9.17, 15) is 31.2 Å². The summed E-state index contributed by atoms with van der Waals surface area (Å²) in [5, 5.41) is 2.70. The third-order valence-electron chi connectivity index (χ3n) is 4.44. The molecule has 0 saturated carbocycles. The number of benzene rings is 2. The second kappa shape index (κ2) is 9.48. The van der Waals surface area contributed by atoms with Gasteiger partial charge in [0.1, 0.15) is 0 Å². The molecule has 168 valence electrons. The minimum Gasteiger partial charge on any atom is -0.335 e. The van der Waals surface area contributed by atoms with Crippen LogP contribution in [0.4, 0.5) is 18.9 Å². The standard InChI is InChI=1S/C20H22F3N3O4S/c1-13-6-4-7-14(2)19(13)25-17(27)12-26(3)18(28)11-24-31(29,30)16-9-5-8-15(10-16)20(21,22)23/h4-10,24H,11-12H2,1-3H3,(H,25,27). The van der Waals surface area contributed by atoms with Crippen LogP contribution in [0.1, 0.15) is 16.7 Å². The van der Waals surface area contributed by atoms with Crippen molar-refractivity contribution in [2.75, 3.05) is 25.5 Å². The maximum atomic E-state index is 12.8.